The second-order valence-electron chi connectivity index (χ2n) is 2.91. The predicted molar refractivity (Wildman–Crippen MR) is 51.4 cm³/mol. The lowest BCUT2D eigenvalue weighted by atomic mass is 10.2. The van der Waals surface area contributed by atoms with Crippen molar-refractivity contribution in [3.05, 3.63) is 23.3 Å². The summed E-state index contributed by atoms with van der Waals surface area (Å²) >= 11 is 10.6. The van der Waals surface area contributed by atoms with Crippen LogP contribution in [0.2, 0.25) is 0 Å². The SMILES string of the molecule is CC(Cl)(Cl)Oc1c(F)c(F)c(N)c(F)c1F. The molecule has 0 heterocycles. The molecule has 0 amide bonds. The van der Waals surface area contributed by atoms with Gasteiger partial charge in [-0.25, -0.2) is 8.78 Å². The molecule has 0 radical (unpaired) electrons. The highest BCUT2D eigenvalue weighted by Crippen LogP contribution is 2.35. The van der Waals surface area contributed by atoms with E-state index in [0.717, 1.165) is 6.92 Å². The molecule has 0 fully saturated rings. The molecule has 0 aromatic heterocycles. The number of benzene rings is 1. The van der Waals surface area contributed by atoms with E-state index in [1.165, 1.54) is 0 Å². The zero-order valence-electron chi connectivity index (χ0n) is 7.75. The van der Waals surface area contributed by atoms with Gasteiger partial charge in [0, 0.05) is 6.92 Å². The van der Waals surface area contributed by atoms with E-state index >= 15 is 0 Å². The molecule has 0 spiro atoms. The quantitative estimate of drug-likeness (QED) is 0.389. The van der Waals surface area contributed by atoms with E-state index in [1.807, 2.05) is 0 Å². The second-order valence-corrected chi connectivity index (χ2v) is 4.54. The Bertz CT molecular complexity index is 404. The number of hydrogen-bond acceptors (Lipinski definition) is 2. The van der Waals surface area contributed by atoms with Crippen LogP contribution in [0.15, 0.2) is 0 Å². The Morgan fingerprint density at radius 3 is 1.69 bits per heavy atom. The van der Waals surface area contributed by atoms with Crippen LogP contribution >= 0.6 is 23.2 Å². The Balaban J connectivity index is 3.40. The van der Waals surface area contributed by atoms with E-state index in [9.17, 15) is 17.6 Å². The van der Waals surface area contributed by atoms with Crippen molar-refractivity contribution in [1.29, 1.82) is 0 Å². The second kappa shape index (κ2) is 4.18. The fourth-order valence-corrected chi connectivity index (χ4v) is 1.05. The molecule has 1 aromatic rings. The van der Waals surface area contributed by atoms with Gasteiger partial charge in [0.05, 0.1) is 0 Å². The van der Waals surface area contributed by atoms with Crippen LogP contribution in [-0.4, -0.2) is 4.52 Å². The zero-order chi connectivity index (χ0) is 12.7. The number of anilines is 1. The van der Waals surface area contributed by atoms with Crippen molar-refractivity contribution in [3.8, 4) is 5.75 Å². The van der Waals surface area contributed by atoms with Crippen molar-refractivity contribution in [2.24, 2.45) is 0 Å². The first kappa shape index (κ1) is 13.2. The van der Waals surface area contributed by atoms with Crippen LogP contribution in [-0.2, 0) is 0 Å². The van der Waals surface area contributed by atoms with Crippen molar-refractivity contribution in [2.75, 3.05) is 5.73 Å². The maximum atomic E-state index is 13.1. The van der Waals surface area contributed by atoms with Gasteiger partial charge in [0.25, 0.3) is 4.52 Å². The van der Waals surface area contributed by atoms with Crippen LogP contribution in [0.4, 0.5) is 23.2 Å². The third kappa shape index (κ3) is 2.44. The summed E-state index contributed by atoms with van der Waals surface area (Å²) in [5.41, 5.74) is 3.48. The van der Waals surface area contributed by atoms with Gasteiger partial charge in [-0.05, 0) is 0 Å². The highest BCUT2D eigenvalue weighted by atomic mass is 35.5. The topological polar surface area (TPSA) is 35.2 Å². The summed E-state index contributed by atoms with van der Waals surface area (Å²) in [4.78, 5) is 0. The van der Waals surface area contributed by atoms with Gasteiger partial charge >= 0.3 is 0 Å². The van der Waals surface area contributed by atoms with Gasteiger partial charge < -0.3 is 10.5 Å². The molecule has 2 N–H and O–H groups in total. The summed E-state index contributed by atoms with van der Waals surface area (Å²) in [5, 5.41) is 0. The maximum Gasteiger partial charge on any atom is 0.255 e. The Hall–Kier alpha value is -0.880. The number of alkyl halides is 2. The number of hydrogen-bond donors (Lipinski definition) is 1. The molecule has 16 heavy (non-hydrogen) atoms. The molecule has 0 bridgehead atoms. The molecule has 0 saturated carbocycles. The summed E-state index contributed by atoms with van der Waals surface area (Å²) in [7, 11) is 0. The maximum absolute atomic E-state index is 13.1. The molecule has 1 aromatic carbocycles. The van der Waals surface area contributed by atoms with E-state index < -0.39 is 39.2 Å². The van der Waals surface area contributed by atoms with Crippen molar-refractivity contribution in [3.63, 3.8) is 0 Å². The summed E-state index contributed by atoms with van der Waals surface area (Å²) in [6, 6.07) is 0. The molecule has 0 aliphatic heterocycles. The van der Waals surface area contributed by atoms with Crippen LogP contribution in [0.25, 0.3) is 0 Å². The summed E-state index contributed by atoms with van der Waals surface area (Å²) in [5.74, 6) is -8.51. The van der Waals surface area contributed by atoms with Crippen LogP contribution in [0.1, 0.15) is 6.92 Å². The fourth-order valence-electron chi connectivity index (χ4n) is 0.897. The Morgan fingerprint density at radius 1 is 1.00 bits per heavy atom. The zero-order valence-corrected chi connectivity index (χ0v) is 9.27. The molecule has 2 nitrogen and oxygen atoms in total. The van der Waals surface area contributed by atoms with Gasteiger partial charge in [0.2, 0.25) is 17.4 Å². The number of ether oxygens (including phenoxy) is 1. The largest absolute Gasteiger partial charge is 0.452 e. The standard InChI is InChI=1S/C8H5Cl2F4NO/c1-8(9,10)16-7-4(13)2(11)6(15)3(12)5(7)14/h15H2,1H3. The van der Waals surface area contributed by atoms with Crippen molar-refractivity contribution in [2.45, 2.75) is 11.4 Å². The summed E-state index contributed by atoms with van der Waals surface area (Å²) in [6.45, 7) is 1.02. The predicted octanol–water partition coefficient (Wildman–Crippen LogP) is 3.36. The van der Waals surface area contributed by atoms with E-state index in [4.69, 9.17) is 28.9 Å². The third-order valence-corrected chi connectivity index (χ3v) is 1.69. The summed E-state index contributed by atoms with van der Waals surface area (Å²) < 4.78 is 54.4. The average molecular weight is 278 g/mol. The Kier molecular flexibility index (Phi) is 3.44. The fraction of sp³-hybridized carbons (Fsp3) is 0.250. The molecule has 1 rings (SSSR count). The molecule has 8 heteroatoms. The molecule has 0 unspecified atom stereocenters. The molecule has 0 atom stereocenters. The molecule has 0 aliphatic carbocycles. The third-order valence-electron chi connectivity index (χ3n) is 1.54. The minimum absolute atomic E-state index is 1.02. The molecular formula is C8H5Cl2F4NO. The first-order valence-corrected chi connectivity index (χ1v) is 4.59. The van der Waals surface area contributed by atoms with Gasteiger partial charge in [0.1, 0.15) is 5.69 Å². The van der Waals surface area contributed by atoms with Crippen molar-refractivity contribution >= 4 is 28.9 Å². The molecule has 90 valence electrons. The normalized spacial score (nSPS) is 11.7. The lowest BCUT2D eigenvalue weighted by Gasteiger charge is -2.18. The van der Waals surface area contributed by atoms with Crippen LogP contribution in [0, 0.1) is 23.3 Å². The van der Waals surface area contributed by atoms with Crippen LogP contribution in [0.3, 0.4) is 0 Å². The van der Waals surface area contributed by atoms with Gasteiger partial charge in [-0.15, -0.1) is 0 Å². The minimum Gasteiger partial charge on any atom is -0.452 e. The highest BCUT2D eigenvalue weighted by molar-refractivity contribution is 6.47. The lowest BCUT2D eigenvalue weighted by Crippen LogP contribution is -2.19. The van der Waals surface area contributed by atoms with E-state index in [0.29, 0.717) is 0 Å². The van der Waals surface area contributed by atoms with Crippen LogP contribution < -0.4 is 10.5 Å². The lowest BCUT2D eigenvalue weighted by molar-refractivity contribution is 0.228. The van der Waals surface area contributed by atoms with Gasteiger partial charge in [0.15, 0.2) is 11.6 Å². The van der Waals surface area contributed by atoms with Crippen molar-refractivity contribution in [1.82, 2.24) is 0 Å². The van der Waals surface area contributed by atoms with Gasteiger partial charge in [-0.2, -0.15) is 8.78 Å². The highest BCUT2D eigenvalue weighted by Gasteiger charge is 2.30. The Morgan fingerprint density at radius 2 is 1.38 bits per heavy atom. The van der Waals surface area contributed by atoms with E-state index in [-0.39, 0.29) is 0 Å². The van der Waals surface area contributed by atoms with E-state index in [2.05, 4.69) is 4.74 Å². The monoisotopic (exact) mass is 277 g/mol. The summed E-state index contributed by atoms with van der Waals surface area (Å²) in [6.07, 6.45) is 0. The number of nitrogen functional groups attached to an aromatic ring is 1. The Labute approximate surface area is 97.9 Å². The number of nitrogens with two attached hydrogens (primary N) is 1. The first-order valence-electron chi connectivity index (χ1n) is 3.83. The van der Waals surface area contributed by atoms with Gasteiger partial charge in [-0.3, -0.25) is 0 Å². The number of halogens is 6. The van der Waals surface area contributed by atoms with Crippen molar-refractivity contribution < 1.29 is 22.3 Å². The molecule has 0 saturated heterocycles. The smallest absolute Gasteiger partial charge is 0.255 e. The molecular weight excluding hydrogens is 273 g/mol. The first-order chi connectivity index (χ1) is 7.15. The van der Waals surface area contributed by atoms with Gasteiger partial charge in [-0.1, -0.05) is 23.2 Å². The number of rotatable bonds is 2. The molecule has 0 aliphatic rings. The minimum atomic E-state index is -2.04. The van der Waals surface area contributed by atoms with Crippen LogP contribution in [0.5, 0.6) is 5.75 Å². The average Bonchev–Trinajstić information content (AvgIpc) is 2.17. The van der Waals surface area contributed by atoms with E-state index in [1.54, 1.807) is 0 Å².